The first-order chi connectivity index (χ1) is 11.5. The number of halogens is 1. The Balaban J connectivity index is 1.71. The predicted molar refractivity (Wildman–Crippen MR) is 93.1 cm³/mol. The monoisotopic (exact) mass is 344 g/mol. The van der Waals surface area contributed by atoms with Crippen LogP contribution in [0.4, 0.5) is 11.5 Å². The first kappa shape index (κ1) is 16.3. The number of benzene rings is 1. The number of carbonyl (C=O) groups excluding carboxylic acids is 2. The number of hydrogen-bond acceptors (Lipinski definition) is 4. The Bertz CT molecular complexity index is 794. The fraction of sp³-hybridized carbons (Fsp3) is 0.235. The number of rotatable bonds is 5. The number of nitrogens with two attached hydrogens (primary N) is 1. The SMILES string of the molecule is NC(=O)c1cnc(NCc2cccc(N3CCCC3=O)c2)c(Cl)c1. The molecule has 0 aliphatic carbocycles. The average molecular weight is 345 g/mol. The van der Waals surface area contributed by atoms with Gasteiger partial charge in [0.2, 0.25) is 11.8 Å². The Labute approximate surface area is 144 Å². The van der Waals surface area contributed by atoms with Crippen molar-refractivity contribution in [3.8, 4) is 0 Å². The number of hydrogen-bond donors (Lipinski definition) is 2. The van der Waals surface area contributed by atoms with E-state index in [0.29, 0.717) is 23.8 Å². The molecular weight excluding hydrogens is 328 g/mol. The van der Waals surface area contributed by atoms with Gasteiger partial charge in [0.05, 0.1) is 10.6 Å². The van der Waals surface area contributed by atoms with Gasteiger partial charge < -0.3 is 16.0 Å². The first-order valence-corrected chi connectivity index (χ1v) is 8.01. The summed E-state index contributed by atoms with van der Waals surface area (Å²) < 4.78 is 0. The standard InChI is InChI=1S/C17H17ClN4O2/c18-14-8-12(16(19)24)10-21-17(14)20-9-11-3-1-4-13(7-11)22-6-2-5-15(22)23/h1,3-4,7-8,10H,2,5-6,9H2,(H2,19,24)(H,20,21). The molecule has 0 unspecified atom stereocenters. The van der Waals surface area contributed by atoms with Crippen LogP contribution in [0, 0.1) is 0 Å². The summed E-state index contributed by atoms with van der Waals surface area (Å²) in [4.78, 5) is 28.9. The van der Waals surface area contributed by atoms with Crippen LogP contribution >= 0.6 is 11.6 Å². The van der Waals surface area contributed by atoms with Gasteiger partial charge in [0.1, 0.15) is 5.82 Å². The van der Waals surface area contributed by atoms with E-state index < -0.39 is 5.91 Å². The van der Waals surface area contributed by atoms with Crippen LogP contribution < -0.4 is 16.0 Å². The Kier molecular flexibility index (Phi) is 4.66. The fourth-order valence-corrected chi connectivity index (χ4v) is 2.88. The highest BCUT2D eigenvalue weighted by Gasteiger charge is 2.21. The van der Waals surface area contributed by atoms with E-state index in [4.69, 9.17) is 17.3 Å². The normalized spacial score (nSPS) is 14.0. The van der Waals surface area contributed by atoms with Gasteiger partial charge in [-0.2, -0.15) is 0 Å². The lowest BCUT2D eigenvalue weighted by atomic mass is 10.2. The van der Waals surface area contributed by atoms with Crippen molar-refractivity contribution < 1.29 is 9.59 Å². The molecule has 0 saturated carbocycles. The van der Waals surface area contributed by atoms with Crippen molar-refractivity contribution >= 4 is 34.9 Å². The predicted octanol–water partition coefficient (Wildman–Crippen LogP) is 2.57. The minimum Gasteiger partial charge on any atom is -0.366 e. The van der Waals surface area contributed by atoms with Crippen molar-refractivity contribution in [1.29, 1.82) is 0 Å². The molecule has 1 aliphatic rings. The Morgan fingerprint density at radius 1 is 1.38 bits per heavy atom. The van der Waals surface area contributed by atoms with Gasteiger partial charge in [-0.05, 0) is 30.2 Å². The van der Waals surface area contributed by atoms with Gasteiger partial charge in [-0.15, -0.1) is 0 Å². The maximum Gasteiger partial charge on any atom is 0.250 e. The lowest BCUT2D eigenvalue weighted by Gasteiger charge is -2.17. The molecule has 1 aromatic carbocycles. The number of nitrogens with one attached hydrogen (secondary N) is 1. The summed E-state index contributed by atoms with van der Waals surface area (Å²) in [7, 11) is 0. The molecule has 2 heterocycles. The van der Waals surface area contributed by atoms with Crippen LogP contribution in [0.1, 0.15) is 28.8 Å². The molecule has 24 heavy (non-hydrogen) atoms. The number of nitrogens with zero attached hydrogens (tertiary/aromatic N) is 2. The van der Waals surface area contributed by atoms with Crippen molar-refractivity contribution in [1.82, 2.24) is 4.98 Å². The zero-order valence-corrected chi connectivity index (χ0v) is 13.7. The van der Waals surface area contributed by atoms with Crippen LogP contribution in [-0.4, -0.2) is 23.3 Å². The zero-order chi connectivity index (χ0) is 17.1. The molecular formula is C17H17ClN4O2. The summed E-state index contributed by atoms with van der Waals surface area (Å²) in [6.45, 7) is 1.26. The van der Waals surface area contributed by atoms with Gasteiger partial charge in [0, 0.05) is 31.4 Å². The van der Waals surface area contributed by atoms with Crippen molar-refractivity contribution in [3.05, 3.63) is 52.7 Å². The topological polar surface area (TPSA) is 88.3 Å². The van der Waals surface area contributed by atoms with Crippen LogP contribution in [-0.2, 0) is 11.3 Å². The molecule has 3 N–H and O–H groups in total. The summed E-state index contributed by atoms with van der Waals surface area (Å²) in [5.74, 6) is 0.0649. The number of primary amides is 1. The molecule has 124 valence electrons. The van der Waals surface area contributed by atoms with Crippen molar-refractivity contribution in [2.45, 2.75) is 19.4 Å². The Hall–Kier alpha value is -2.60. The lowest BCUT2D eigenvalue weighted by Crippen LogP contribution is -2.23. The largest absolute Gasteiger partial charge is 0.366 e. The third-order valence-electron chi connectivity index (χ3n) is 3.88. The zero-order valence-electron chi connectivity index (χ0n) is 13.0. The van der Waals surface area contributed by atoms with E-state index in [-0.39, 0.29) is 11.5 Å². The average Bonchev–Trinajstić information content (AvgIpc) is 3.00. The fourth-order valence-electron chi connectivity index (χ4n) is 2.64. The van der Waals surface area contributed by atoms with E-state index >= 15 is 0 Å². The van der Waals surface area contributed by atoms with Crippen LogP contribution in [0.3, 0.4) is 0 Å². The minimum atomic E-state index is -0.570. The summed E-state index contributed by atoms with van der Waals surface area (Å²) in [6, 6.07) is 9.27. The van der Waals surface area contributed by atoms with E-state index in [1.165, 1.54) is 12.3 Å². The van der Waals surface area contributed by atoms with E-state index in [1.807, 2.05) is 24.3 Å². The molecule has 1 fully saturated rings. The van der Waals surface area contributed by atoms with Crippen LogP contribution in [0.5, 0.6) is 0 Å². The van der Waals surface area contributed by atoms with Gasteiger partial charge in [-0.3, -0.25) is 9.59 Å². The van der Waals surface area contributed by atoms with Gasteiger partial charge in [-0.1, -0.05) is 23.7 Å². The smallest absolute Gasteiger partial charge is 0.250 e. The molecule has 6 nitrogen and oxygen atoms in total. The molecule has 0 radical (unpaired) electrons. The Morgan fingerprint density at radius 2 is 2.21 bits per heavy atom. The molecule has 2 amide bonds. The molecule has 3 rings (SSSR count). The second-order valence-corrected chi connectivity index (χ2v) is 6.00. The molecule has 1 aromatic heterocycles. The van der Waals surface area contributed by atoms with E-state index in [0.717, 1.165) is 24.2 Å². The first-order valence-electron chi connectivity index (χ1n) is 7.63. The Morgan fingerprint density at radius 3 is 2.88 bits per heavy atom. The summed E-state index contributed by atoms with van der Waals surface area (Å²) in [6.07, 6.45) is 2.89. The quantitative estimate of drug-likeness (QED) is 0.872. The van der Waals surface area contributed by atoms with E-state index in [1.54, 1.807) is 4.90 Å². The molecule has 2 aromatic rings. The number of amides is 2. The maximum atomic E-state index is 11.8. The van der Waals surface area contributed by atoms with E-state index in [9.17, 15) is 9.59 Å². The third-order valence-corrected chi connectivity index (χ3v) is 4.17. The van der Waals surface area contributed by atoms with E-state index in [2.05, 4.69) is 10.3 Å². The summed E-state index contributed by atoms with van der Waals surface area (Å²) >= 11 is 6.11. The van der Waals surface area contributed by atoms with Crippen LogP contribution in [0.2, 0.25) is 5.02 Å². The molecule has 7 heteroatoms. The van der Waals surface area contributed by atoms with Gasteiger partial charge in [0.25, 0.3) is 0 Å². The van der Waals surface area contributed by atoms with Gasteiger partial charge in [-0.25, -0.2) is 4.98 Å². The second kappa shape index (κ2) is 6.88. The molecule has 1 aliphatic heterocycles. The second-order valence-electron chi connectivity index (χ2n) is 5.59. The number of anilines is 2. The van der Waals surface area contributed by atoms with Crippen LogP contribution in [0.25, 0.3) is 0 Å². The van der Waals surface area contributed by atoms with Crippen molar-refractivity contribution in [2.75, 3.05) is 16.8 Å². The lowest BCUT2D eigenvalue weighted by molar-refractivity contribution is -0.117. The van der Waals surface area contributed by atoms with Gasteiger partial charge in [0.15, 0.2) is 0 Å². The van der Waals surface area contributed by atoms with Crippen LogP contribution in [0.15, 0.2) is 36.5 Å². The van der Waals surface area contributed by atoms with Crippen molar-refractivity contribution in [3.63, 3.8) is 0 Å². The van der Waals surface area contributed by atoms with Gasteiger partial charge >= 0.3 is 0 Å². The molecule has 0 spiro atoms. The maximum absolute atomic E-state index is 11.8. The summed E-state index contributed by atoms with van der Waals surface area (Å²) in [5.41, 5.74) is 7.37. The highest BCUT2D eigenvalue weighted by Crippen LogP contribution is 2.24. The number of pyridine rings is 1. The number of carbonyl (C=O) groups is 2. The van der Waals surface area contributed by atoms with Crippen molar-refractivity contribution in [2.24, 2.45) is 5.73 Å². The number of aromatic nitrogens is 1. The summed E-state index contributed by atoms with van der Waals surface area (Å²) in [5, 5.41) is 3.46. The minimum absolute atomic E-state index is 0.159. The molecule has 0 bridgehead atoms. The third kappa shape index (κ3) is 3.49. The molecule has 1 saturated heterocycles. The highest BCUT2D eigenvalue weighted by molar-refractivity contribution is 6.33. The molecule has 0 atom stereocenters. The highest BCUT2D eigenvalue weighted by atomic mass is 35.5.